The van der Waals surface area contributed by atoms with Gasteiger partial charge < -0.3 is 20.3 Å². The van der Waals surface area contributed by atoms with Crippen LogP contribution in [0.4, 0.5) is 11.5 Å². The first-order valence-corrected chi connectivity index (χ1v) is 7.22. The van der Waals surface area contributed by atoms with Crippen molar-refractivity contribution in [3.05, 3.63) is 42.2 Å². The summed E-state index contributed by atoms with van der Waals surface area (Å²) in [5, 5.41) is 5.06. The van der Waals surface area contributed by atoms with E-state index in [4.69, 9.17) is 4.74 Å². The van der Waals surface area contributed by atoms with E-state index in [0.717, 1.165) is 5.56 Å². The highest BCUT2D eigenvalue weighted by molar-refractivity contribution is 6.40. The normalized spacial score (nSPS) is 9.96. The van der Waals surface area contributed by atoms with Crippen molar-refractivity contribution in [3.8, 4) is 5.88 Å². The van der Waals surface area contributed by atoms with Crippen molar-refractivity contribution in [2.24, 2.45) is 0 Å². The minimum absolute atomic E-state index is 0.179. The fourth-order valence-electron chi connectivity index (χ4n) is 1.99. The molecule has 0 radical (unpaired) electrons. The smallest absolute Gasteiger partial charge is 0.313 e. The van der Waals surface area contributed by atoms with Crippen LogP contribution in [0, 0.1) is 0 Å². The van der Waals surface area contributed by atoms with Crippen LogP contribution in [0.3, 0.4) is 0 Å². The Morgan fingerprint density at radius 2 is 1.83 bits per heavy atom. The summed E-state index contributed by atoms with van der Waals surface area (Å²) in [5.74, 6) is -0.958. The van der Waals surface area contributed by atoms with E-state index in [1.54, 1.807) is 19.0 Å². The lowest BCUT2D eigenvalue weighted by molar-refractivity contribution is -0.136. The molecule has 0 unspecified atom stereocenters. The molecule has 2 rings (SSSR count). The van der Waals surface area contributed by atoms with Crippen LogP contribution in [0.15, 0.2) is 36.7 Å². The Kier molecular flexibility index (Phi) is 5.67. The molecule has 1 heterocycles. The fourth-order valence-corrected chi connectivity index (χ4v) is 1.99. The van der Waals surface area contributed by atoms with Gasteiger partial charge >= 0.3 is 11.8 Å². The molecule has 0 saturated heterocycles. The third-order valence-electron chi connectivity index (χ3n) is 3.15. The first-order valence-electron chi connectivity index (χ1n) is 7.22. The molecule has 24 heavy (non-hydrogen) atoms. The molecule has 0 bridgehead atoms. The van der Waals surface area contributed by atoms with Crippen molar-refractivity contribution in [3.63, 3.8) is 0 Å². The Morgan fingerprint density at radius 3 is 2.46 bits per heavy atom. The summed E-state index contributed by atoms with van der Waals surface area (Å²) in [6.07, 6.45) is 1.32. The fraction of sp³-hybridized carbons (Fsp3) is 0.250. The van der Waals surface area contributed by atoms with E-state index in [2.05, 4.69) is 20.6 Å². The second kappa shape index (κ2) is 7.91. The number of hydrogen-bond acceptors (Lipinski definition) is 6. The monoisotopic (exact) mass is 329 g/mol. The number of amides is 2. The molecule has 1 aromatic heterocycles. The van der Waals surface area contributed by atoms with Crippen LogP contribution in [0.5, 0.6) is 5.88 Å². The van der Waals surface area contributed by atoms with Gasteiger partial charge in [0.25, 0.3) is 0 Å². The predicted molar refractivity (Wildman–Crippen MR) is 89.8 cm³/mol. The van der Waals surface area contributed by atoms with Gasteiger partial charge in [-0.15, -0.1) is 0 Å². The minimum Gasteiger partial charge on any atom is -0.479 e. The molecule has 0 atom stereocenters. The van der Waals surface area contributed by atoms with E-state index >= 15 is 0 Å². The quantitative estimate of drug-likeness (QED) is 0.788. The second-order valence-electron chi connectivity index (χ2n) is 5.10. The van der Waals surface area contributed by atoms with Gasteiger partial charge in [0.1, 0.15) is 12.0 Å². The highest BCUT2D eigenvalue weighted by Crippen LogP contribution is 2.29. The van der Waals surface area contributed by atoms with Crippen LogP contribution in [0.25, 0.3) is 0 Å². The minimum atomic E-state index is -0.817. The largest absolute Gasteiger partial charge is 0.479 e. The van der Waals surface area contributed by atoms with Crippen molar-refractivity contribution in [1.29, 1.82) is 0 Å². The van der Waals surface area contributed by atoms with Crippen molar-refractivity contribution >= 4 is 23.3 Å². The molecule has 126 valence electrons. The van der Waals surface area contributed by atoms with E-state index in [9.17, 15) is 9.59 Å². The summed E-state index contributed by atoms with van der Waals surface area (Å²) in [5.41, 5.74) is 1.14. The van der Waals surface area contributed by atoms with Crippen LogP contribution in [-0.2, 0) is 16.1 Å². The zero-order valence-corrected chi connectivity index (χ0v) is 13.7. The number of nitrogens with zero attached hydrogens (tertiary/aromatic N) is 3. The molecule has 8 heteroatoms. The molecule has 2 aromatic rings. The number of aromatic nitrogens is 2. The van der Waals surface area contributed by atoms with Gasteiger partial charge in [-0.05, 0) is 5.56 Å². The number of nitrogens with one attached hydrogen (secondary N) is 2. The maximum atomic E-state index is 12.1. The Balaban J connectivity index is 2.07. The summed E-state index contributed by atoms with van der Waals surface area (Å²) in [6.45, 7) is 0.260. The molecule has 1 aromatic carbocycles. The Hall–Kier alpha value is -3.16. The Morgan fingerprint density at radius 1 is 1.12 bits per heavy atom. The molecule has 0 aliphatic rings. The number of benzene rings is 1. The Labute approximate surface area is 139 Å². The highest BCUT2D eigenvalue weighted by atomic mass is 16.5. The zero-order chi connectivity index (χ0) is 17.5. The number of carbonyl (C=O) groups excluding carboxylic acids is 2. The molecular weight excluding hydrogens is 310 g/mol. The first kappa shape index (κ1) is 17.2. The van der Waals surface area contributed by atoms with Crippen LogP contribution in [0.2, 0.25) is 0 Å². The lowest BCUT2D eigenvalue weighted by atomic mass is 10.2. The lowest BCUT2D eigenvalue weighted by Crippen LogP contribution is -2.35. The van der Waals surface area contributed by atoms with E-state index in [-0.39, 0.29) is 18.1 Å². The average Bonchev–Trinajstić information content (AvgIpc) is 2.60. The van der Waals surface area contributed by atoms with Gasteiger partial charge in [-0.2, -0.15) is 4.98 Å². The number of hydrogen-bond donors (Lipinski definition) is 2. The van der Waals surface area contributed by atoms with Crippen molar-refractivity contribution < 1.29 is 14.3 Å². The van der Waals surface area contributed by atoms with Gasteiger partial charge in [-0.25, -0.2) is 4.98 Å². The van der Waals surface area contributed by atoms with Gasteiger partial charge in [0, 0.05) is 20.6 Å². The number of methoxy groups -OCH3 is 1. The third kappa shape index (κ3) is 4.19. The predicted octanol–water partition coefficient (Wildman–Crippen LogP) is 0.806. The summed E-state index contributed by atoms with van der Waals surface area (Å²) >= 11 is 0. The molecule has 8 nitrogen and oxygen atoms in total. The molecule has 0 spiro atoms. The van der Waals surface area contributed by atoms with E-state index in [0.29, 0.717) is 5.82 Å². The maximum absolute atomic E-state index is 12.1. The standard InChI is InChI=1S/C16H19N5O3/c1-21(2)13-12(16(24-3)19-10-18-13)20-15(23)14(22)17-9-11-7-5-4-6-8-11/h4-8,10H,9H2,1-3H3,(H,17,22)(H,20,23). The van der Waals surface area contributed by atoms with Crippen molar-refractivity contribution in [1.82, 2.24) is 15.3 Å². The molecule has 0 saturated carbocycles. The van der Waals surface area contributed by atoms with Crippen LogP contribution >= 0.6 is 0 Å². The van der Waals surface area contributed by atoms with Crippen LogP contribution in [0.1, 0.15) is 5.56 Å². The molecule has 0 aliphatic heterocycles. The van der Waals surface area contributed by atoms with Crippen molar-refractivity contribution in [2.45, 2.75) is 6.54 Å². The molecule has 0 fully saturated rings. The number of anilines is 2. The molecular formula is C16H19N5O3. The highest BCUT2D eigenvalue weighted by Gasteiger charge is 2.20. The van der Waals surface area contributed by atoms with Crippen LogP contribution < -0.4 is 20.3 Å². The second-order valence-corrected chi connectivity index (χ2v) is 5.10. The van der Waals surface area contributed by atoms with Gasteiger partial charge in [-0.1, -0.05) is 30.3 Å². The average molecular weight is 329 g/mol. The molecule has 0 aliphatic carbocycles. The molecule has 2 N–H and O–H groups in total. The third-order valence-corrected chi connectivity index (χ3v) is 3.15. The number of ether oxygens (including phenoxy) is 1. The van der Waals surface area contributed by atoms with Gasteiger partial charge in [0.15, 0.2) is 5.82 Å². The van der Waals surface area contributed by atoms with Crippen molar-refractivity contribution in [2.75, 3.05) is 31.4 Å². The number of carbonyl (C=O) groups is 2. The number of rotatable bonds is 5. The summed E-state index contributed by atoms with van der Waals surface area (Å²) in [4.78, 5) is 33.8. The topological polar surface area (TPSA) is 96.5 Å². The summed E-state index contributed by atoms with van der Waals surface area (Å²) < 4.78 is 5.12. The SMILES string of the molecule is COc1ncnc(N(C)C)c1NC(=O)C(=O)NCc1ccccc1. The summed E-state index contributed by atoms with van der Waals surface area (Å²) in [7, 11) is 4.94. The lowest BCUT2D eigenvalue weighted by Gasteiger charge is -2.17. The molecule has 2 amide bonds. The maximum Gasteiger partial charge on any atom is 0.313 e. The summed E-state index contributed by atoms with van der Waals surface area (Å²) in [6, 6.07) is 9.31. The van der Waals surface area contributed by atoms with E-state index < -0.39 is 11.8 Å². The first-order chi connectivity index (χ1) is 11.5. The zero-order valence-electron chi connectivity index (χ0n) is 13.7. The van der Waals surface area contributed by atoms with Gasteiger partial charge in [0.2, 0.25) is 5.88 Å². The van der Waals surface area contributed by atoms with Crippen LogP contribution in [-0.4, -0.2) is 43.0 Å². The van der Waals surface area contributed by atoms with E-state index in [1.807, 2.05) is 30.3 Å². The van der Waals surface area contributed by atoms with E-state index in [1.165, 1.54) is 13.4 Å². The van der Waals surface area contributed by atoms with Gasteiger partial charge in [0.05, 0.1) is 7.11 Å². The Bertz CT molecular complexity index is 719. The van der Waals surface area contributed by atoms with Gasteiger partial charge in [-0.3, -0.25) is 9.59 Å².